The molecule has 160 valence electrons. The number of aryl methyl sites for hydroxylation is 2. The van der Waals surface area contributed by atoms with Crippen molar-refractivity contribution in [2.45, 2.75) is 38.5 Å². The van der Waals surface area contributed by atoms with E-state index >= 15 is 0 Å². The van der Waals surface area contributed by atoms with Crippen LogP contribution in [0.25, 0.3) is 0 Å². The number of benzene rings is 2. The van der Waals surface area contributed by atoms with Crippen LogP contribution >= 0.6 is 0 Å². The number of hydrogen-bond donors (Lipinski definition) is 2. The predicted octanol–water partition coefficient (Wildman–Crippen LogP) is 2.83. The molecule has 8 heteroatoms. The van der Waals surface area contributed by atoms with E-state index in [1.165, 1.54) is 11.1 Å². The third-order valence-corrected chi connectivity index (χ3v) is 8.19. The Labute approximate surface area is 174 Å². The molecule has 0 heterocycles. The lowest BCUT2D eigenvalue weighted by Crippen LogP contribution is -2.36. The van der Waals surface area contributed by atoms with E-state index in [1.807, 2.05) is 60.7 Å². The molecule has 0 aliphatic rings. The van der Waals surface area contributed by atoms with E-state index in [2.05, 4.69) is 9.44 Å². The van der Waals surface area contributed by atoms with Crippen LogP contribution in [0.4, 0.5) is 0 Å². The molecule has 0 saturated carbocycles. The highest BCUT2D eigenvalue weighted by atomic mass is 32.3. The number of rotatable bonds is 14. The first-order valence-corrected chi connectivity index (χ1v) is 13.2. The van der Waals surface area contributed by atoms with E-state index < -0.39 is 25.1 Å². The summed E-state index contributed by atoms with van der Waals surface area (Å²) in [6, 6.07) is 19.9. The first-order chi connectivity index (χ1) is 13.9. The van der Waals surface area contributed by atoms with Gasteiger partial charge in [-0.1, -0.05) is 60.7 Å². The van der Waals surface area contributed by atoms with Crippen molar-refractivity contribution in [3.63, 3.8) is 0 Å². The fraction of sp³-hybridized carbons (Fsp3) is 0.429. The monoisotopic (exact) mass is 438 g/mol. The molecule has 0 atom stereocenters. The molecule has 2 aromatic rings. The average Bonchev–Trinajstić information content (AvgIpc) is 2.68. The maximum Gasteiger partial charge on any atom is 0.227 e. The van der Waals surface area contributed by atoms with Crippen LogP contribution in [0.5, 0.6) is 0 Å². The zero-order valence-corrected chi connectivity index (χ0v) is 18.2. The molecule has 0 fully saturated rings. The molecule has 2 aromatic carbocycles. The normalized spacial score (nSPS) is 12.1. The summed E-state index contributed by atoms with van der Waals surface area (Å²) >= 11 is 0. The van der Waals surface area contributed by atoms with Gasteiger partial charge in [0.05, 0.1) is 0 Å². The second-order valence-electron chi connectivity index (χ2n) is 7.02. The van der Waals surface area contributed by atoms with E-state index in [4.69, 9.17) is 0 Å². The summed E-state index contributed by atoms with van der Waals surface area (Å²) in [6.07, 6.45) is 4.71. The van der Waals surface area contributed by atoms with Gasteiger partial charge in [-0.15, -0.1) is 0 Å². The first-order valence-electron chi connectivity index (χ1n) is 9.89. The number of unbranched alkanes of at least 4 members (excludes halogenated alkanes) is 2. The summed E-state index contributed by atoms with van der Waals surface area (Å²) in [6.45, 7) is 0.476. The van der Waals surface area contributed by atoms with Crippen molar-refractivity contribution in [1.82, 2.24) is 9.44 Å². The predicted molar refractivity (Wildman–Crippen MR) is 117 cm³/mol. The minimum absolute atomic E-state index is 0.238. The van der Waals surface area contributed by atoms with E-state index in [9.17, 15) is 16.8 Å². The minimum atomic E-state index is -3.87. The van der Waals surface area contributed by atoms with Gasteiger partial charge in [0.1, 0.15) is 0 Å². The van der Waals surface area contributed by atoms with Gasteiger partial charge in [0.25, 0.3) is 0 Å². The fourth-order valence-electron chi connectivity index (χ4n) is 2.94. The topological polar surface area (TPSA) is 92.3 Å². The Bertz CT molecular complexity index is 838. The van der Waals surface area contributed by atoms with Gasteiger partial charge in [0.2, 0.25) is 20.0 Å². The Morgan fingerprint density at radius 3 is 1.31 bits per heavy atom. The van der Waals surface area contributed by atoms with Gasteiger partial charge in [0.15, 0.2) is 5.08 Å². The Morgan fingerprint density at radius 2 is 0.931 bits per heavy atom. The number of nitrogens with one attached hydrogen (secondary N) is 2. The minimum Gasteiger partial charge on any atom is -0.214 e. The molecule has 0 amide bonds. The van der Waals surface area contributed by atoms with Crippen LogP contribution in [0.2, 0.25) is 0 Å². The lowest BCUT2D eigenvalue weighted by molar-refractivity contribution is 0.568. The smallest absolute Gasteiger partial charge is 0.214 e. The number of hydrogen-bond acceptors (Lipinski definition) is 4. The molecule has 0 unspecified atom stereocenters. The largest absolute Gasteiger partial charge is 0.227 e. The summed E-state index contributed by atoms with van der Waals surface area (Å²) in [7, 11) is -7.74. The lowest BCUT2D eigenvalue weighted by atomic mass is 10.1. The van der Waals surface area contributed by atoms with Gasteiger partial charge < -0.3 is 0 Å². The van der Waals surface area contributed by atoms with Crippen LogP contribution in [0.1, 0.15) is 36.8 Å². The van der Waals surface area contributed by atoms with E-state index in [0.29, 0.717) is 12.8 Å². The summed E-state index contributed by atoms with van der Waals surface area (Å²) in [5.41, 5.74) is 2.41. The molecule has 0 spiro atoms. The van der Waals surface area contributed by atoms with Crippen LogP contribution < -0.4 is 9.44 Å². The second-order valence-corrected chi connectivity index (χ2v) is 11.0. The maximum absolute atomic E-state index is 12.0. The van der Waals surface area contributed by atoms with E-state index in [-0.39, 0.29) is 13.1 Å². The third-order valence-electron chi connectivity index (χ3n) is 4.42. The van der Waals surface area contributed by atoms with Crippen LogP contribution in [0.15, 0.2) is 60.7 Å². The molecule has 0 aliphatic heterocycles. The van der Waals surface area contributed by atoms with Crippen molar-refractivity contribution in [2.24, 2.45) is 0 Å². The van der Waals surface area contributed by atoms with Crippen molar-refractivity contribution >= 4 is 20.0 Å². The van der Waals surface area contributed by atoms with Gasteiger partial charge in [-0.25, -0.2) is 26.3 Å². The highest BCUT2D eigenvalue weighted by Crippen LogP contribution is 2.05. The summed E-state index contributed by atoms with van der Waals surface area (Å²) in [5.74, 6) is 0. The maximum atomic E-state index is 12.0. The molecule has 0 saturated heterocycles. The molecular formula is C21H30N2O4S2. The van der Waals surface area contributed by atoms with Crippen LogP contribution in [0.3, 0.4) is 0 Å². The van der Waals surface area contributed by atoms with Gasteiger partial charge >= 0.3 is 0 Å². The molecular weight excluding hydrogens is 408 g/mol. The van der Waals surface area contributed by atoms with Crippen molar-refractivity contribution in [2.75, 3.05) is 18.2 Å². The van der Waals surface area contributed by atoms with Crippen molar-refractivity contribution < 1.29 is 16.8 Å². The Kier molecular flexibility index (Phi) is 9.80. The molecule has 0 aliphatic carbocycles. The van der Waals surface area contributed by atoms with E-state index in [1.54, 1.807) is 0 Å². The molecule has 29 heavy (non-hydrogen) atoms. The molecule has 2 rings (SSSR count). The fourth-order valence-corrected chi connectivity index (χ4v) is 6.15. The Balaban J connectivity index is 1.60. The molecule has 0 radical (unpaired) electrons. The molecule has 6 nitrogen and oxygen atoms in total. The van der Waals surface area contributed by atoms with Crippen LogP contribution in [-0.2, 0) is 32.9 Å². The molecule has 0 aromatic heterocycles. The standard InChI is InChI=1S/C21H30N2O4S2/c24-28(25,22-17-9-7-15-20-11-3-1-4-12-20)19-29(26,27)23-18-10-8-16-21-13-5-2-6-14-21/h1-6,11-14,22-23H,7-10,15-19H2. The highest BCUT2D eigenvalue weighted by molar-refractivity contribution is 8.06. The highest BCUT2D eigenvalue weighted by Gasteiger charge is 2.21. The van der Waals surface area contributed by atoms with Gasteiger partial charge in [0, 0.05) is 13.1 Å². The summed E-state index contributed by atoms with van der Waals surface area (Å²) in [5, 5.41) is -0.933. The van der Waals surface area contributed by atoms with Crippen LogP contribution in [-0.4, -0.2) is 35.0 Å². The van der Waals surface area contributed by atoms with Gasteiger partial charge in [-0.3, -0.25) is 0 Å². The quantitative estimate of drug-likeness (QED) is 0.444. The SMILES string of the molecule is O=S(=O)(CS(=O)(=O)NCCCCc1ccccc1)NCCCCc1ccccc1. The molecule has 2 N–H and O–H groups in total. The number of sulfonamides is 2. The van der Waals surface area contributed by atoms with Gasteiger partial charge in [-0.2, -0.15) is 0 Å². The van der Waals surface area contributed by atoms with Crippen molar-refractivity contribution in [3.05, 3.63) is 71.8 Å². The van der Waals surface area contributed by atoms with Gasteiger partial charge in [-0.05, 0) is 49.7 Å². The Morgan fingerprint density at radius 1 is 0.552 bits per heavy atom. The average molecular weight is 439 g/mol. The Hall–Kier alpha value is -1.74. The van der Waals surface area contributed by atoms with Crippen LogP contribution in [0, 0.1) is 0 Å². The lowest BCUT2D eigenvalue weighted by Gasteiger charge is -2.09. The zero-order valence-electron chi connectivity index (χ0n) is 16.6. The van der Waals surface area contributed by atoms with E-state index in [0.717, 1.165) is 25.7 Å². The third kappa shape index (κ3) is 10.6. The second kappa shape index (κ2) is 12.1. The summed E-state index contributed by atoms with van der Waals surface area (Å²) in [4.78, 5) is 0. The summed E-state index contributed by atoms with van der Waals surface area (Å²) < 4.78 is 52.8. The zero-order chi connectivity index (χ0) is 21.0. The van der Waals surface area contributed by atoms with Crippen molar-refractivity contribution in [1.29, 1.82) is 0 Å². The van der Waals surface area contributed by atoms with Crippen molar-refractivity contribution in [3.8, 4) is 0 Å². The first kappa shape index (κ1) is 23.5. The molecule has 0 bridgehead atoms.